The zero-order valence-corrected chi connectivity index (χ0v) is 14.7. The number of rotatable bonds is 3. The largest absolute Gasteiger partial charge is 0.496 e. The second-order valence-corrected chi connectivity index (χ2v) is 6.50. The van der Waals surface area contributed by atoms with Crippen molar-refractivity contribution < 1.29 is 14.2 Å². The van der Waals surface area contributed by atoms with Crippen LogP contribution in [-0.4, -0.2) is 43.9 Å². The Kier molecular flexibility index (Phi) is 4.21. The second-order valence-electron chi connectivity index (χ2n) is 6.50. The molecular weight excluding hydrogens is 318 g/mol. The highest BCUT2D eigenvalue weighted by molar-refractivity contribution is 5.47. The van der Waals surface area contributed by atoms with Gasteiger partial charge in [0.1, 0.15) is 11.4 Å². The summed E-state index contributed by atoms with van der Waals surface area (Å²) >= 11 is 0. The molecule has 1 saturated heterocycles. The topological polar surface area (TPSA) is 56.7 Å². The standard InChI is InChI=1S/C19H23N3O3/c1-23-15-12-20-18(21-13-15)22-9-7-19(8-10-22)17-14(6-11-25-19)4-3-5-16(17)24-2/h3-5,12-13H,6-11H2,1-2H3. The average Bonchev–Trinajstić information content (AvgIpc) is 2.68. The maximum absolute atomic E-state index is 6.33. The van der Waals surface area contributed by atoms with Crippen molar-refractivity contribution >= 4 is 5.95 Å². The number of hydrogen-bond acceptors (Lipinski definition) is 6. The van der Waals surface area contributed by atoms with E-state index in [0.29, 0.717) is 5.75 Å². The molecule has 1 aromatic carbocycles. The normalized spacial score (nSPS) is 18.7. The number of nitrogens with zero attached hydrogens (tertiary/aromatic N) is 3. The lowest BCUT2D eigenvalue weighted by atomic mass is 9.79. The lowest BCUT2D eigenvalue weighted by Crippen LogP contribution is -2.47. The van der Waals surface area contributed by atoms with Crippen LogP contribution in [-0.2, 0) is 16.8 Å². The van der Waals surface area contributed by atoms with Gasteiger partial charge in [-0.15, -0.1) is 0 Å². The molecular formula is C19H23N3O3. The molecule has 25 heavy (non-hydrogen) atoms. The first-order chi connectivity index (χ1) is 12.3. The van der Waals surface area contributed by atoms with E-state index in [2.05, 4.69) is 27.0 Å². The summed E-state index contributed by atoms with van der Waals surface area (Å²) in [6.45, 7) is 2.47. The Morgan fingerprint density at radius 2 is 1.84 bits per heavy atom. The Balaban J connectivity index is 1.57. The number of fused-ring (bicyclic) bond motifs is 2. The highest BCUT2D eigenvalue weighted by Crippen LogP contribution is 2.46. The van der Waals surface area contributed by atoms with Gasteiger partial charge >= 0.3 is 0 Å². The van der Waals surface area contributed by atoms with Crippen molar-refractivity contribution in [2.45, 2.75) is 24.9 Å². The summed E-state index contributed by atoms with van der Waals surface area (Å²) in [5.74, 6) is 2.35. The molecule has 0 N–H and O–H groups in total. The van der Waals surface area contributed by atoms with E-state index in [-0.39, 0.29) is 5.60 Å². The van der Waals surface area contributed by atoms with E-state index in [1.807, 2.05) is 6.07 Å². The number of methoxy groups -OCH3 is 2. The van der Waals surface area contributed by atoms with Crippen LogP contribution in [0, 0.1) is 0 Å². The lowest BCUT2D eigenvalue weighted by Gasteiger charge is -2.45. The van der Waals surface area contributed by atoms with Gasteiger partial charge in [0.2, 0.25) is 5.95 Å². The third-order valence-corrected chi connectivity index (χ3v) is 5.24. The Morgan fingerprint density at radius 1 is 1.08 bits per heavy atom. The minimum absolute atomic E-state index is 0.261. The molecule has 3 heterocycles. The van der Waals surface area contributed by atoms with Gasteiger partial charge in [0.05, 0.1) is 33.2 Å². The molecule has 0 aliphatic carbocycles. The molecule has 2 aliphatic rings. The molecule has 2 aliphatic heterocycles. The van der Waals surface area contributed by atoms with Crippen LogP contribution in [0.2, 0.25) is 0 Å². The van der Waals surface area contributed by atoms with Crippen molar-refractivity contribution in [2.24, 2.45) is 0 Å². The van der Waals surface area contributed by atoms with E-state index in [1.54, 1.807) is 26.6 Å². The summed E-state index contributed by atoms with van der Waals surface area (Å²) in [6, 6.07) is 6.30. The molecule has 4 rings (SSSR count). The predicted molar refractivity (Wildman–Crippen MR) is 94.4 cm³/mol. The number of anilines is 1. The molecule has 6 nitrogen and oxygen atoms in total. The predicted octanol–water partition coefficient (Wildman–Crippen LogP) is 2.56. The minimum atomic E-state index is -0.261. The van der Waals surface area contributed by atoms with Crippen LogP contribution >= 0.6 is 0 Å². The number of aromatic nitrogens is 2. The Hall–Kier alpha value is -2.34. The lowest BCUT2D eigenvalue weighted by molar-refractivity contribution is -0.0780. The van der Waals surface area contributed by atoms with E-state index in [0.717, 1.165) is 50.7 Å². The van der Waals surface area contributed by atoms with E-state index < -0.39 is 0 Å². The van der Waals surface area contributed by atoms with Crippen LogP contribution in [0.5, 0.6) is 11.5 Å². The van der Waals surface area contributed by atoms with Crippen molar-refractivity contribution in [3.8, 4) is 11.5 Å². The molecule has 1 spiro atoms. The Morgan fingerprint density at radius 3 is 2.52 bits per heavy atom. The van der Waals surface area contributed by atoms with Crippen molar-refractivity contribution in [3.05, 3.63) is 41.7 Å². The van der Waals surface area contributed by atoms with Crippen molar-refractivity contribution in [2.75, 3.05) is 38.8 Å². The fourth-order valence-electron chi connectivity index (χ4n) is 3.94. The zero-order valence-electron chi connectivity index (χ0n) is 14.7. The van der Waals surface area contributed by atoms with Gasteiger partial charge in [0, 0.05) is 18.7 Å². The highest BCUT2D eigenvalue weighted by Gasteiger charge is 2.43. The van der Waals surface area contributed by atoms with E-state index in [1.165, 1.54) is 11.1 Å². The number of benzene rings is 1. The smallest absolute Gasteiger partial charge is 0.225 e. The highest BCUT2D eigenvalue weighted by atomic mass is 16.5. The summed E-state index contributed by atoms with van der Waals surface area (Å²) in [7, 11) is 3.35. The first-order valence-electron chi connectivity index (χ1n) is 8.67. The van der Waals surface area contributed by atoms with Crippen LogP contribution in [0.4, 0.5) is 5.95 Å². The molecule has 6 heteroatoms. The summed E-state index contributed by atoms with van der Waals surface area (Å²) < 4.78 is 17.1. The molecule has 1 fully saturated rings. The molecule has 132 valence electrons. The first-order valence-corrected chi connectivity index (χ1v) is 8.67. The van der Waals surface area contributed by atoms with Gasteiger partial charge in [0.25, 0.3) is 0 Å². The molecule has 0 bridgehead atoms. The van der Waals surface area contributed by atoms with Gasteiger partial charge in [0.15, 0.2) is 5.75 Å². The van der Waals surface area contributed by atoms with Gasteiger partial charge in [-0.05, 0) is 30.9 Å². The Labute approximate surface area is 147 Å². The minimum Gasteiger partial charge on any atom is -0.496 e. The van der Waals surface area contributed by atoms with E-state index in [9.17, 15) is 0 Å². The number of ether oxygens (including phenoxy) is 3. The molecule has 0 atom stereocenters. The van der Waals surface area contributed by atoms with Gasteiger partial charge in [-0.1, -0.05) is 12.1 Å². The third kappa shape index (κ3) is 2.80. The number of piperidine rings is 1. The zero-order chi connectivity index (χ0) is 17.3. The molecule has 1 aromatic heterocycles. The first kappa shape index (κ1) is 16.1. The van der Waals surface area contributed by atoms with Crippen LogP contribution in [0.3, 0.4) is 0 Å². The third-order valence-electron chi connectivity index (χ3n) is 5.24. The van der Waals surface area contributed by atoms with Crippen molar-refractivity contribution in [3.63, 3.8) is 0 Å². The van der Waals surface area contributed by atoms with Gasteiger partial charge in [-0.3, -0.25) is 0 Å². The number of hydrogen-bond donors (Lipinski definition) is 0. The summed E-state index contributed by atoms with van der Waals surface area (Å²) in [4.78, 5) is 11.0. The van der Waals surface area contributed by atoms with Crippen molar-refractivity contribution in [1.29, 1.82) is 0 Å². The SMILES string of the molecule is COc1cnc(N2CCC3(CC2)OCCc2cccc(OC)c23)nc1. The van der Waals surface area contributed by atoms with Gasteiger partial charge in [-0.25, -0.2) is 9.97 Å². The molecule has 0 unspecified atom stereocenters. The summed E-state index contributed by atoms with van der Waals surface area (Å²) in [5, 5.41) is 0. The Bertz CT molecular complexity index is 726. The second kappa shape index (κ2) is 6.52. The van der Waals surface area contributed by atoms with E-state index in [4.69, 9.17) is 14.2 Å². The maximum Gasteiger partial charge on any atom is 0.225 e. The van der Waals surface area contributed by atoms with Crippen LogP contribution in [0.25, 0.3) is 0 Å². The molecule has 2 aromatic rings. The van der Waals surface area contributed by atoms with Crippen molar-refractivity contribution in [1.82, 2.24) is 9.97 Å². The van der Waals surface area contributed by atoms with Gasteiger partial charge in [-0.2, -0.15) is 0 Å². The van der Waals surface area contributed by atoms with Crippen LogP contribution in [0.1, 0.15) is 24.0 Å². The molecule has 0 radical (unpaired) electrons. The van der Waals surface area contributed by atoms with Crippen LogP contribution < -0.4 is 14.4 Å². The summed E-state index contributed by atoms with van der Waals surface area (Å²) in [6.07, 6.45) is 6.16. The van der Waals surface area contributed by atoms with E-state index >= 15 is 0 Å². The van der Waals surface area contributed by atoms with Crippen LogP contribution in [0.15, 0.2) is 30.6 Å². The fraction of sp³-hybridized carbons (Fsp3) is 0.474. The molecule has 0 amide bonds. The maximum atomic E-state index is 6.33. The van der Waals surface area contributed by atoms with Gasteiger partial charge < -0.3 is 19.1 Å². The molecule has 0 saturated carbocycles. The quantitative estimate of drug-likeness (QED) is 0.855. The fourth-order valence-corrected chi connectivity index (χ4v) is 3.94. The average molecular weight is 341 g/mol. The monoisotopic (exact) mass is 341 g/mol. The summed E-state index contributed by atoms with van der Waals surface area (Å²) in [5.41, 5.74) is 2.32.